The summed E-state index contributed by atoms with van der Waals surface area (Å²) in [5.74, 6) is 0.661. The van der Waals surface area contributed by atoms with Gasteiger partial charge >= 0.3 is 0 Å². The van der Waals surface area contributed by atoms with E-state index in [9.17, 15) is 5.11 Å². The first-order chi connectivity index (χ1) is 7.83. The second-order valence-electron chi connectivity index (χ2n) is 3.35. The van der Waals surface area contributed by atoms with Crippen molar-refractivity contribution in [1.82, 2.24) is 4.98 Å². The first kappa shape index (κ1) is 8.83. The summed E-state index contributed by atoms with van der Waals surface area (Å²) >= 11 is 0. The molecular weight excluding hydrogens is 204 g/mol. The van der Waals surface area contributed by atoms with Gasteiger partial charge < -0.3 is 9.52 Å². The monoisotopic (exact) mass is 211 g/mol. The summed E-state index contributed by atoms with van der Waals surface area (Å²) in [4.78, 5) is 8.14. The molecule has 0 radical (unpaired) electrons. The highest BCUT2D eigenvalue weighted by atomic mass is 16.3. The number of phenolic OH excluding ortho intramolecular Hbond substituents is 1. The Morgan fingerprint density at radius 3 is 3.06 bits per heavy atom. The van der Waals surface area contributed by atoms with E-state index in [2.05, 4.69) is 16.2 Å². The number of aromatic hydroxyl groups is 1. The Kier molecular flexibility index (Phi) is 1.82. The molecule has 4 heteroatoms. The van der Waals surface area contributed by atoms with Gasteiger partial charge in [0.05, 0.1) is 6.08 Å². The number of allylic oxidation sites excluding steroid dienone is 3. The number of hydrogen-bond acceptors (Lipinski definition) is 4. The molecule has 16 heavy (non-hydrogen) atoms. The van der Waals surface area contributed by atoms with Crippen LogP contribution in [0.5, 0.6) is 5.75 Å². The molecule has 2 aromatic rings. The molecule has 0 unspecified atom stereocenters. The summed E-state index contributed by atoms with van der Waals surface area (Å²) in [5, 5.41) is 9.31. The third-order valence-electron chi connectivity index (χ3n) is 2.23. The number of phenols is 1. The first-order valence-electron chi connectivity index (χ1n) is 4.75. The molecule has 0 saturated heterocycles. The zero-order valence-corrected chi connectivity index (χ0v) is 8.21. The molecule has 0 amide bonds. The predicted molar refractivity (Wildman–Crippen MR) is 60.2 cm³/mol. The molecule has 1 aromatic carbocycles. The molecule has 2 heterocycles. The second-order valence-corrected chi connectivity index (χ2v) is 3.35. The molecule has 76 valence electrons. The van der Waals surface area contributed by atoms with Gasteiger partial charge in [-0.15, -0.1) is 0 Å². The molecule has 0 aliphatic carbocycles. The normalized spacial score (nSPS) is 13.9. The highest BCUT2D eigenvalue weighted by Crippen LogP contribution is 2.25. The fraction of sp³-hybridized carbons (Fsp3) is 0. The van der Waals surface area contributed by atoms with Crippen LogP contribution in [0.3, 0.4) is 0 Å². The number of benzene rings is 1. The summed E-state index contributed by atoms with van der Waals surface area (Å²) in [6.45, 7) is 0. The third kappa shape index (κ3) is 1.38. The van der Waals surface area contributed by atoms with Crippen molar-refractivity contribution in [2.24, 2.45) is 4.99 Å². The smallest absolute Gasteiger partial charge is 0.256 e. The van der Waals surface area contributed by atoms with E-state index in [1.54, 1.807) is 30.5 Å². The molecule has 1 aromatic heterocycles. The molecule has 0 spiro atoms. The van der Waals surface area contributed by atoms with Gasteiger partial charge in [-0.1, -0.05) is 4.99 Å². The van der Waals surface area contributed by atoms with E-state index in [0.717, 1.165) is 5.57 Å². The van der Waals surface area contributed by atoms with Crippen molar-refractivity contribution in [3.05, 3.63) is 42.4 Å². The Morgan fingerprint density at radius 1 is 1.31 bits per heavy atom. The zero-order chi connectivity index (χ0) is 11.0. The molecule has 0 atom stereocenters. The minimum Gasteiger partial charge on any atom is -0.508 e. The fourth-order valence-electron chi connectivity index (χ4n) is 1.49. The van der Waals surface area contributed by atoms with Crippen LogP contribution in [0.15, 0.2) is 46.0 Å². The Morgan fingerprint density at radius 2 is 2.25 bits per heavy atom. The van der Waals surface area contributed by atoms with Crippen LogP contribution >= 0.6 is 0 Å². The maximum absolute atomic E-state index is 9.31. The van der Waals surface area contributed by atoms with E-state index in [1.807, 2.05) is 6.08 Å². The molecule has 1 aliphatic heterocycles. The number of aliphatic imine (C=N–C) groups is 1. The van der Waals surface area contributed by atoms with Crippen LogP contribution in [-0.2, 0) is 0 Å². The van der Waals surface area contributed by atoms with E-state index in [1.165, 1.54) is 0 Å². The molecule has 1 N–H and O–H groups in total. The Hall–Kier alpha value is -2.45. The van der Waals surface area contributed by atoms with E-state index < -0.39 is 0 Å². The molecule has 3 rings (SSSR count). The van der Waals surface area contributed by atoms with Gasteiger partial charge in [0.25, 0.3) is 5.89 Å². The van der Waals surface area contributed by atoms with Gasteiger partial charge in [-0.05, 0) is 12.1 Å². The minimum absolute atomic E-state index is 0.173. The summed E-state index contributed by atoms with van der Waals surface area (Å²) in [6, 6.07) is 4.81. The van der Waals surface area contributed by atoms with Crippen molar-refractivity contribution >= 4 is 22.9 Å². The van der Waals surface area contributed by atoms with Gasteiger partial charge in [-0.25, -0.2) is 4.98 Å². The summed E-state index contributed by atoms with van der Waals surface area (Å²) in [5.41, 5.74) is 2.05. The van der Waals surface area contributed by atoms with Crippen LogP contribution in [0.25, 0.3) is 16.7 Å². The van der Waals surface area contributed by atoms with Crippen molar-refractivity contribution in [1.29, 1.82) is 0 Å². The van der Waals surface area contributed by atoms with Gasteiger partial charge in [0.1, 0.15) is 17.3 Å². The lowest BCUT2D eigenvalue weighted by molar-refractivity contribution is 0.476. The molecule has 4 nitrogen and oxygen atoms in total. The van der Waals surface area contributed by atoms with Crippen LogP contribution < -0.4 is 0 Å². The molecular formula is C12H7N2O2+. The van der Waals surface area contributed by atoms with E-state index in [-0.39, 0.29) is 5.75 Å². The Bertz CT molecular complexity index is 636. The van der Waals surface area contributed by atoms with Crippen LogP contribution in [0.1, 0.15) is 5.89 Å². The van der Waals surface area contributed by atoms with Crippen molar-refractivity contribution in [2.75, 3.05) is 0 Å². The van der Waals surface area contributed by atoms with Gasteiger partial charge in [-0.3, -0.25) is 0 Å². The Balaban J connectivity index is 2.15. The van der Waals surface area contributed by atoms with E-state index >= 15 is 0 Å². The average Bonchev–Trinajstić information content (AvgIpc) is 2.73. The van der Waals surface area contributed by atoms with Crippen molar-refractivity contribution in [2.45, 2.75) is 0 Å². The second kappa shape index (κ2) is 3.29. The van der Waals surface area contributed by atoms with E-state index in [0.29, 0.717) is 17.0 Å². The van der Waals surface area contributed by atoms with Crippen molar-refractivity contribution in [3.63, 3.8) is 0 Å². The van der Waals surface area contributed by atoms with Crippen LogP contribution in [0.2, 0.25) is 0 Å². The fourth-order valence-corrected chi connectivity index (χ4v) is 1.49. The number of fused-ring (bicyclic) bond motifs is 1. The van der Waals surface area contributed by atoms with Gasteiger partial charge in [0.15, 0.2) is 23.6 Å². The zero-order valence-electron chi connectivity index (χ0n) is 8.21. The number of hydrogen-bond donors (Lipinski definition) is 1. The molecule has 1 aliphatic rings. The molecule has 0 bridgehead atoms. The van der Waals surface area contributed by atoms with E-state index in [4.69, 9.17) is 4.42 Å². The highest BCUT2D eigenvalue weighted by Gasteiger charge is 2.14. The average molecular weight is 211 g/mol. The standard InChI is InChI=1S/C12H6N2O2/c15-9-3-4-11-10(6-9)14-12(16-11)8-2-1-5-13-7-8/h1-4,6-7H/p+1. The first-order valence-corrected chi connectivity index (χ1v) is 4.75. The maximum atomic E-state index is 9.31. The quantitative estimate of drug-likeness (QED) is 0.737. The lowest BCUT2D eigenvalue weighted by Gasteiger charge is -1.87. The van der Waals surface area contributed by atoms with Gasteiger partial charge in [0, 0.05) is 6.07 Å². The SMILES string of the molecule is Oc1ccc2oc(C3=CN=[C+]C=C3)nc2c1. The maximum Gasteiger partial charge on any atom is 0.256 e. The van der Waals surface area contributed by atoms with Crippen LogP contribution in [0.4, 0.5) is 0 Å². The summed E-state index contributed by atoms with van der Waals surface area (Å²) < 4.78 is 5.53. The molecule has 0 saturated carbocycles. The highest BCUT2D eigenvalue weighted by molar-refractivity contribution is 5.85. The van der Waals surface area contributed by atoms with Crippen LogP contribution in [0, 0.1) is 0 Å². The number of nitrogens with zero attached hydrogens (tertiary/aromatic N) is 2. The van der Waals surface area contributed by atoms with Crippen molar-refractivity contribution < 1.29 is 9.52 Å². The summed E-state index contributed by atoms with van der Waals surface area (Å²) in [7, 11) is 0. The van der Waals surface area contributed by atoms with Crippen LogP contribution in [-0.4, -0.2) is 16.3 Å². The number of aromatic nitrogens is 1. The summed E-state index contributed by atoms with van der Waals surface area (Å²) in [6.07, 6.45) is 7.83. The number of oxazole rings is 1. The third-order valence-corrected chi connectivity index (χ3v) is 2.23. The predicted octanol–water partition coefficient (Wildman–Crippen LogP) is 2.39. The van der Waals surface area contributed by atoms with Gasteiger partial charge in [-0.2, -0.15) is 0 Å². The number of rotatable bonds is 1. The Labute approximate surface area is 91.3 Å². The molecule has 0 fully saturated rings. The lowest BCUT2D eigenvalue weighted by Crippen LogP contribution is -1.83. The topological polar surface area (TPSA) is 58.6 Å². The van der Waals surface area contributed by atoms with Crippen molar-refractivity contribution in [3.8, 4) is 5.75 Å². The lowest BCUT2D eigenvalue weighted by atomic mass is 10.2. The van der Waals surface area contributed by atoms with Gasteiger partial charge in [0.2, 0.25) is 0 Å². The largest absolute Gasteiger partial charge is 0.508 e. The minimum atomic E-state index is 0.173.